The van der Waals surface area contributed by atoms with Gasteiger partial charge in [0.2, 0.25) is 5.91 Å². The lowest BCUT2D eigenvalue weighted by Gasteiger charge is -2.25. The average molecular weight is 270 g/mol. The lowest BCUT2D eigenvalue weighted by atomic mass is 10.1. The number of benzene rings is 1. The van der Waals surface area contributed by atoms with Crippen molar-refractivity contribution in [2.24, 2.45) is 0 Å². The SMILES string of the molecule is CC(C)N(CC(=O)O)C(=O)Cc1ccccc1Cl. The molecule has 0 unspecified atom stereocenters. The smallest absolute Gasteiger partial charge is 0.323 e. The average Bonchev–Trinajstić information content (AvgIpc) is 2.28. The van der Waals surface area contributed by atoms with Crippen LogP contribution in [-0.4, -0.2) is 34.5 Å². The van der Waals surface area contributed by atoms with Crippen molar-refractivity contribution in [3.05, 3.63) is 34.9 Å². The van der Waals surface area contributed by atoms with Crippen molar-refractivity contribution in [1.29, 1.82) is 0 Å². The number of carbonyl (C=O) groups excluding carboxylic acids is 1. The normalized spacial score (nSPS) is 10.4. The first-order chi connectivity index (χ1) is 8.41. The highest BCUT2D eigenvalue weighted by Crippen LogP contribution is 2.16. The standard InChI is InChI=1S/C13H16ClNO3/c1-9(2)15(8-13(17)18)12(16)7-10-5-3-4-6-11(10)14/h3-6,9H,7-8H2,1-2H3,(H,17,18). The van der Waals surface area contributed by atoms with Crippen molar-refractivity contribution in [3.63, 3.8) is 0 Å². The fourth-order valence-corrected chi connectivity index (χ4v) is 1.81. The third kappa shape index (κ3) is 4.04. The molecule has 0 bridgehead atoms. The van der Waals surface area contributed by atoms with Crippen LogP contribution in [0.3, 0.4) is 0 Å². The number of halogens is 1. The van der Waals surface area contributed by atoms with Crippen LogP contribution in [0.2, 0.25) is 5.02 Å². The molecule has 18 heavy (non-hydrogen) atoms. The fourth-order valence-electron chi connectivity index (χ4n) is 1.61. The van der Waals surface area contributed by atoms with Gasteiger partial charge in [0.25, 0.3) is 0 Å². The Morgan fingerprint density at radius 3 is 2.44 bits per heavy atom. The molecule has 0 saturated heterocycles. The van der Waals surface area contributed by atoms with E-state index in [0.717, 1.165) is 0 Å². The molecule has 5 heteroatoms. The zero-order chi connectivity index (χ0) is 13.7. The van der Waals surface area contributed by atoms with Crippen molar-refractivity contribution >= 4 is 23.5 Å². The first kappa shape index (κ1) is 14.5. The van der Waals surface area contributed by atoms with Gasteiger partial charge in [0.1, 0.15) is 6.54 Å². The molecule has 0 aliphatic heterocycles. The van der Waals surface area contributed by atoms with E-state index < -0.39 is 5.97 Å². The Hall–Kier alpha value is -1.55. The van der Waals surface area contributed by atoms with E-state index >= 15 is 0 Å². The van der Waals surface area contributed by atoms with Crippen molar-refractivity contribution in [2.45, 2.75) is 26.3 Å². The molecule has 0 spiro atoms. The summed E-state index contributed by atoms with van der Waals surface area (Å²) in [4.78, 5) is 24.1. The van der Waals surface area contributed by atoms with E-state index in [1.54, 1.807) is 38.1 Å². The van der Waals surface area contributed by atoms with Gasteiger partial charge in [-0.1, -0.05) is 29.8 Å². The van der Waals surface area contributed by atoms with Crippen LogP contribution in [-0.2, 0) is 16.0 Å². The lowest BCUT2D eigenvalue weighted by Crippen LogP contribution is -2.41. The van der Waals surface area contributed by atoms with E-state index in [9.17, 15) is 9.59 Å². The van der Waals surface area contributed by atoms with Gasteiger partial charge in [-0.15, -0.1) is 0 Å². The minimum Gasteiger partial charge on any atom is -0.480 e. The minimum absolute atomic E-state index is 0.116. The number of carboxylic acid groups (broad SMARTS) is 1. The molecule has 0 heterocycles. The van der Waals surface area contributed by atoms with Crippen LogP contribution >= 0.6 is 11.6 Å². The molecule has 98 valence electrons. The summed E-state index contributed by atoms with van der Waals surface area (Å²) in [5.74, 6) is -1.25. The van der Waals surface area contributed by atoms with Gasteiger partial charge in [-0.3, -0.25) is 9.59 Å². The predicted octanol–water partition coefficient (Wildman–Crippen LogP) is 2.20. The third-order valence-electron chi connectivity index (χ3n) is 2.55. The summed E-state index contributed by atoms with van der Waals surface area (Å²) in [7, 11) is 0. The van der Waals surface area contributed by atoms with Crippen molar-refractivity contribution < 1.29 is 14.7 Å². The molecule has 1 amide bonds. The van der Waals surface area contributed by atoms with Gasteiger partial charge in [-0.05, 0) is 25.5 Å². The highest BCUT2D eigenvalue weighted by atomic mass is 35.5. The molecule has 0 atom stereocenters. The summed E-state index contributed by atoms with van der Waals surface area (Å²) in [6, 6.07) is 6.90. The number of amides is 1. The third-order valence-corrected chi connectivity index (χ3v) is 2.92. The maximum absolute atomic E-state index is 12.0. The zero-order valence-electron chi connectivity index (χ0n) is 10.4. The van der Waals surface area contributed by atoms with Gasteiger partial charge >= 0.3 is 5.97 Å². The van der Waals surface area contributed by atoms with Crippen LogP contribution in [0.1, 0.15) is 19.4 Å². The molecule has 0 aliphatic carbocycles. The highest BCUT2D eigenvalue weighted by molar-refractivity contribution is 6.31. The quantitative estimate of drug-likeness (QED) is 0.892. The Morgan fingerprint density at radius 2 is 1.94 bits per heavy atom. The van der Waals surface area contributed by atoms with Crippen LogP contribution in [0.15, 0.2) is 24.3 Å². The Labute approximate surface area is 111 Å². The van der Waals surface area contributed by atoms with Crippen molar-refractivity contribution in [1.82, 2.24) is 4.90 Å². The minimum atomic E-state index is -1.02. The van der Waals surface area contributed by atoms with Gasteiger partial charge in [0, 0.05) is 11.1 Å². The van der Waals surface area contributed by atoms with Crippen LogP contribution in [0.4, 0.5) is 0 Å². The second-order valence-electron chi connectivity index (χ2n) is 4.28. The van der Waals surface area contributed by atoms with Gasteiger partial charge < -0.3 is 10.0 Å². The monoisotopic (exact) mass is 269 g/mol. The largest absolute Gasteiger partial charge is 0.480 e. The number of nitrogens with zero attached hydrogens (tertiary/aromatic N) is 1. The molecule has 0 radical (unpaired) electrons. The van der Waals surface area contributed by atoms with Crippen molar-refractivity contribution in [2.75, 3.05) is 6.54 Å². The van der Waals surface area contributed by atoms with Crippen LogP contribution < -0.4 is 0 Å². The summed E-state index contributed by atoms with van der Waals surface area (Å²) in [5, 5.41) is 9.30. The van der Waals surface area contributed by atoms with Crippen LogP contribution in [0.25, 0.3) is 0 Å². The first-order valence-corrected chi connectivity index (χ1v) is 6.04. The molecule has 0 fully saturated rings. The molecule has 1 rings (SSSR count). The molecule has 1 aromatic carbocycles. The summed E-state index contributed by atoms with van der Waals surface area (Å²) in [6.07, 6.45) is 0.116. The second kappa shape index (κ2) is 6.40. The van der Waals surface area contributed by atoms with E-state index in [-0.39, 0.29) is 24.9 Å². The van der Waals surface area contributed by atoms with E-state index in [1.807, 2.05) is 0 Å². The number of carboxylic acids is 1. The number of aliphatic carboxylic acids is 1. The highest BCUT2D eigenvalue weighted by Gasteiger charge is 2.20. The maximum Gasteiger partial charge on any atom is 0.323 e. The van der Waals surface area contributed by atoms with E-state index in [4.69, 9.17) is 16.7 Å². The van der Waals surface area contributed by atoms with Crippen LogP contribution in [0.5, 0.6) is 0 Å². The van der Waals surface area contributed by atoms with Crippen molar-refractivity contribution in [3.8, 4) is 0 Å². The molecule has 0 saturated carbocycles. The van der Waals surface area contributed by atoms with E-state index in [0.29, 0.717) is 10.6 Å². The summed E-state index contributed by atoms with van der Waals surface area (Å²) < 4.78 is 0. The Balaban J connectivity index is 2.79. The molecular formula is C13H16ClNO3. The molecule has 0 aliphatic rings. The molecular weight excluding hydrogens is 254 g/mol. The Bertz CT molecular complexity index is 446. The lowest BCUT2D eigenvalue weighted by molar-refractivity contribution is -0.145. The van der Waals surface area contributed by atoms with E-state index in [1.165, 1.54) is 4.90 Å². The summed E-state index contributed by atoms with van der Waals surface area (Å²) >= 11 is 5.97. The fraction of sp³-hybridized carbons (Fsp3) is 0.385. The summed E-state index contributed by atoms with van der Waals surface area (Å²) in [6.45, 7) is 3.28. The topological polar surface area (TPSA) is 57.6 Å². The number of hydrogen-bond donors (Lipinski definition) is 1. The van der Waals surface area contributed by atoms with E-state index in [2.05, 4.69) is 0 Å². The predicted molar refractivity (Wildman–Crippen MR) is 69.6 cm³/mol. The summed E-state index contributed by atoms with van der Waals surface area (Å²) in [5.41, 5.74) is 0.709. The van der Waals surface area contributed by atoms with Gasteiger partial charge in [-0.25, -0.2) is 0 Å². The van der Waals surface area contributed by atoms with Gasteiger partial charge in [0.05, 0.1) is 6.42 Å². The second-order valence-corrected chi connectivity index (χ2v) is 4.68. The zero-order valence-corrected chi connectivity index (χ0v) is 11.1. The first-order valence-electron chi connectivity index (χ1n) is 5.66. The van der Waals surface area contributed by atoms with Gasteiger partial charge in [0.15, 0.2) is 0 Å². The van der Waals surface area contributed by atoms with Crippen LogP contribution in [0, 0.1) is 0 Å². The number of hydrogen-bond acceptors (Lipinski definition) is 2. The van der Waals surface area contributed by atoms with Gasteiger partial charge in [-0.2, -0.15) is 0 Å². The number of carbonyl (C=O) groups is 2. The molecule has 0 aromatic heterocycles. The molecule has 1 aromatic rings. The Kier molecular flexibility index (Phi) is 5.16. The number of rotatable bonds is 5. The molecule has 4 nitrogen and oxygen atoms in total. The molecule has 1 N–H and O–H groups in total. The maximum atomic E-state index is 12.0. The Morgan fingerprint density at radius 1 is 1.33 bits per heavy atom.